The van der Waals surface area contributed by atoms with E-state index >= 15 is 0 Å². The molecule has 0 spiro atoms. The summed E-state index contributed by atoms with van der Waals surface area (Å²) in [7, 11) is 0. The summed E-state index contributed by atoms with van der Waals surface area (Å²) in [6, 6.07) is 18.6. The van der Waals surface area contributed by atoms with Crippen LogP contribution in [0.15, 0.2) is 77.4 Å². The summed E-state index contributed by atoms with van der Waals surface area (Å²) in [6.45, 7) is 11.0. The van der Waals surface area contributed by atoms with Gasteiger partial charge in [-0.05, 0) is 88.5 Å². The third-order valence-corrected chi connectivity index (χ3v) is 9.65. The molecule has 3 heterocycles. The molecule has 4 aromatic rings. The molecular weight excluding hydrogens is 606 g/mol. The van der Waals surface area contributed by atoms with Crippen molar-refractivity contribution in [2.24, 2.45) is 0 Å². The number of likely N-dealkylation sites (N-methyl/N-ethyl adjacent to an activating group) is 1. The van der Waals surface area contributed by atoms with Gasteiger partial charge >= 0.3 is 5.69 Å². The third-order valence-electron chi connectivity index (χ3n) is 9.65. The Morgan fingerprint density at radius 3 is 2.33 bits per heavy atom. The Balaban J connectivity index is 1.16. The first-order chi connectivity index (χ1) is 23.2. The van der Waals surface area contributed by atoms with Gasteiger partial charge in [0.2, 0.25) is 0 Å². The number of nitrogens with one attached hydrogen (secondary N) is 1. The molecule has 12 heteroatoms. The molecule has 2 aromatic heterocycles. The number of nitrogen functional groups attached to an aromatic ring is 1. The molecule has 0 unspecified atom stereocenters. The average Bonchev–Trinajstić information content (AvgIpc) is 3.41. The number of benzene rings is 2. The number of hydrogen-bond acceptors (Lipinski definition) is 9. The number of para-hydroxylation sites is 1. The van der Waals surface area contributed by atoms with E-state index in [2.05, 4.69) is 51.9 Å². The van der Waals surface area contributed by atoms with E-state index in [1.165, 1.54) is 6.33 Å². The molecule has 48 heavy (non-hydrogen) atoms. The summed E-state index contributed by atoms with van der Waals surface area (Å²) in [4.78, 5) is 40.7. The van der Waals surface area contributed by atoms with Crippen LogP contribution >= 0.6 is 0 Å². The molecule has 12 nitrogen and oxygen atoms in total. The van der Waals surface area contributed by atoms with Gasteiger partial charge < -0.3 is 20.7 Å². The molecule has 0 radical (unpaired) electrons. The van der Waals surface area contributed by atoms with Gasteiger partial charge in [-0.3, -0.25) is 18.8 Å². The number of hydrogen-bond donors (Lipinski definition) is 2. The van der Waals surface area contributed by atoms with E-state index < -0.39 is 5.54 Å². The number of aromatic nitrogens is 4. The molecule has 1 saturated heterocycles. The molecule has 1 aliphatic carbocycles. The monoisotopic (exact) mass is 649 g/mol. The zero-order valence-electron chi connectivity index (χ0n) is 27.8. The summed E-state index contributed by atoms with van der Waals surface area (Å²) in [5, 5.41) is 13.0. The van der Waals surface area contributed by atoms with Crippen molar-refractivity contribution in [2.75, 3.05) is 38.5 Å². The Labute approximate surface area is 280 Å². The Bertz CT molecular complexity index is 1870. The first-order valence-electron chi connectivity index (χ1n) is 16.7. The van der Waals surface area contributed by atoms with Gasteiger partial charge in [0.05, 0.1) is 5.69 Å². The predicted octanol–water partition coefficient (Wildman–Crippen LogP) is 4.42. The lowest BCUT2D eigenvalue weighted by atomic mass is 9.90. The van der Waals surface area contributed by atoms with Crippen LogP contribution in [0.25, 0.3) is 16.9 Å². The standard InChI is InChI=1S/C36H43N9O3/c1-4-42-18-20-43(21-19-42)36(2,3)22-25(23-37)34(46)41-26-10-12-28(13-11-26)45-33-31(32(38)39-24-40-33)44(35(45)47)27-14-16-30(17-15-27)48-29-8-6-5-7-9-29/h5-9,14-17,22,24,26,28H,4,10-13,18-21H2,1-3H3,(H,41,46)(H2,38,39,40)/b25-22+. The van der Waals surface area contributed by atoms with Gasteiger partial charge in [-0.2, -0.15) is 5.26 Å². The minimum absolute atomic E-state index is 0.109. The number of nitrogens with two attached hydrogens (primary N) is 1. The maximum absolute atomic E-state index is 14.1. The number of imidazole rings is 1. The summed E-state index contributed by atoms with van der Waals surface area (Å²) in [5.74, 6) is 1.22. The molecule has 3 N–H and O–H groups in total. The van der Waals surface area contributed by atoms with Gasteiger partial charge in [-0.15, -0.1) is 0 Å². The minimum atomic E-state index is -0.422. The Kier molecular flexibility index (Phi) is 9.61. The maximum Gasteiger partial charge on any atom is 0.335 e. The van der Waals surface area contributed by atoms with Crippen molar-refractivity contribution < 1.29 is 9.53 Å². The van der Waals surface area contributed by atoms with Crippen LogP contribution in [0.2, 0.25) is 0 Å². The smallest absolute Gasteiger partial charge is 0.335 e. The Hall–Kier alpha value is -4.99. The van der Waals surface area contributed by atoms with Crippen LogP contribution in [0.1, 0.15) is 52.5 Å². The maximum atomic E-state index is 14.1. The Morgan fingerprint density at radius 1 is 1.02 bits per heavy atom. The van der Waals surface area contributed by atoms with Gasteiger partial charge in [0.15, 0.2) is 11.5 Å². The Morgan fingerprint density at radius 2 is 1.69 bits per heavy atom. The molecule has 1 amide bonds. The molecule has 6 rings (SSSR count). The predicted molar refractivity (Wildman–Crippen MR) is 185 cm³/mol. The van der Waals surface area contributed by atoms with E-state index in [0.717, 1.165) is 32.7 Å². The average molecular weight is 650 g/mol. The number of nitriles is 1. The van der Waals surface area contributed by atoms with Crippen molar-refractivity contribution >= 4 is 22.9 Å². The second-order valence-electron chi connectivity index (χ2n) is 13.1. The van der Waals surface area contributed by atoms with E-state index in [0.29, 0.717) is 54.0 Å². The highest BCUT2D eigenvalue weighted by Crippen LogP contribution is 2.32. The number of carbonyl (C=O) groups excluding carboxylic acids is 1. The molecule has 1 saturated carbocycles. The van der Waals surface area contributed by atoms with Crippen LogP contribution in [0.4, 0.5) is 5.82 Å². The van der Waals surface area contributed by atoms with Crippen molar-refractivity contribution in [3.05, 3.63) is 83.1 Å². The first-order valence-corrected chi connectivity index (χ1v) is 16.7. The van der Waals surface area contributed by atoms with Crippen LogP contribution in [-0.4, -0.2) is 79.1 Å². The minimum Gasteiger partial charge on any atom is -0.457 e. The number of fused-ring (bicyclic) bond motifs is 1. The summed E-state index contributed by atoms with van der Waals surface area (Å²) in [5.41, 5.74) is 7.34. The first kappa shape index (κ1) is 32.9. The van der Waals surface area contributed by atoms with Crippen molar-refractivity contribution in [1.29, 1.82) is 5.26 Å². The molecule has 0 atom stereocenters. The second kappa shape index (κ2) is 14.0. The molecule has 2 aromatic carbocycles. The highest BCUT2D eigenvalue weighted by molar-refractivity contribution is 5.97. The molecular formula is C36H43N9O3. The third kappa shape index (κ3) is 6.83. The van der Waals surface area contributed by atoms with Crippen LogP contribution in [0, 0.1) is 11.3 Å². The van der Waals surface area contributed by atoms with E-state index in [4.69, 9.17) is 10.5 Å². The highest BCUT2D eigenvalue weighted by atomic mass is 16.5. The fourth-order valence-electron chi connectivity index (χ4n) is 6.90. The molecule has 0 bridgehead atoms. The lowest BCUT2D eigenvalue weighted by Crippen LogP contribution is -2.54. The highest BCUT2D eigenvalue weighted by Gasteiger charge is 2.32. The van der Waals surface area contributed by atoms with Gasteiger partial charge in [0.1, 0.15) is 35.0 Å². The summed E-state index contributed by atoms with van der Waals surface area (Å²) >= 11 is 0. The molecule has 250 valence electrons. The zero-order chi connectivity index (χ0) is 33.8. The normalized spacial score (nSPS) is 19.6. The van der Waals surface area contributed by atoms with Crippen LogP contribution < -0.4 is 21.5 Å². The van der Waals surface area contributed by atoms with E-state index in [1.54, 1.807) is 15.2 Å². The quantitative estimate of drug-likeness (QED) is 0.199. The molecule has 2 aliphatic rings. The lowest BCUT2D eigenvalue weighted by molar-refractivity contribution is -0.118. The summed E-state index contributed by atoms with van der Waals surface area (Å²) < 4.78 is 9.20. The number of nitrogens with zero attached hydrogens (tertiary/aromatic N) is 7. The molecule has 2 fully saturated rings. The van der Waals surface area contributed by atoms with Gasteiger partial charge in [0.25, 0.3) is 5.91 Å². The number of ether oxygens (including phenoxy) is 1. The topological polar surface area (TPSA) is 147 Å². The number of amides is 1. The lowest BCUT2D eigenvalue weighted by Gasteiger charge is -2.42. The van der Waals surface area contributed by atoms with Crippen LogP contribution in [0.5, 0.6) is 11.5 Å². The number of piperazine rings is 1. The second-order valence-corrected chi connectivity index (χ2v) is 13.1. The number of carbonyl (C=O) groups is 1. The SMILES string of the molecule is CCN1CCN(C(C)(C)/C=C(\C#N)C(=O)NC2CCC(n3c(=O)n(-c4ccc(Oc5ccccc5)cc4)c4c(N)ncnc43)CC2)CC1. The fraction of sp³-hybridized carbons (Fsp3) is 0.417. The summed E-state index contributed by atoms with van der Waals surface area (Å²) in [6.07, 6.45) is 5.79. The van der Waals surface area contributed by atoms with Crippen molar-refractivity contribution in [1.82, 2.24) is 34.2 Å². The number of rotatable bonds is 9. The van der Waals surface area contributed by atoms with Crippen LogP contribution in [-0.2, 0) is 4.79 Å². The fourth-order valence-corrected chi connectivity index (χ4v) is 6.90. The van der Waals surface area contributed by atoms with Crippen molar-refractivity contribution in [2.45, 2.75) is 64.1 Å². The van der Waals surface area contributed by atoms with Gasteiger partial charge in [-0.1, -0.05) is 25.1 Å². The molecule has 1 aliphatic heterocycles. The zero-order valence-corrected chi connectivity index (χ0v) is 27.8. The van der Waals surface area contributed by atoms with Crippen molar-refractivity contribution in [3.8, 4) is 23.3 Å². The van der Waals surface area contributed by atoms with E-state index in [1.807, 2.05) is 54.6 Å². The van der Waals surface area contributed by atoms with Crippen molar-refractivity contribution in [3.63, 3.8) is 0 Å². The number of anilines is 1. The van der Waals surface area contributed by atoms with Gasteiger partial charge in [0, 0.05) is 43.8 Å². The van der Waals surface area contributed by atoms with E-state index in [9.17, 15) is 14.9 Å². The van der Waals surface area contributed by atoms with Crippen LogP contribution in [0.3, 0.4) is 0 Å². The van der Waals surface area contributed by atoms with Gasteiger partial charge in [-0.25, -0.2) is 14.8 Å². The van der Waals surface area contributed by atoms with E-state index in [-0.39, 0.29) is 35.1 Å². The largest absolute Gasteiger partial charge is 0.457 e.